The van der Waals surface area contributed by atoms with E-state index in [1.807, 2.05) is 19.1 Å². The summed E-state index contributed by atoms with van der Waals surface area (Å²) in [6, 6.07) is 6.00. The molecular formula is C17H27NO2. The van der Waals surface area contributed by atoms with Gasteiger partial charge < -0.3 is 14.8 Å². The molecule has 1 aromatic carbocycles. The van der Waals surface area contributed by atoms with Crippen LogP contribution < -0.4 is 14.8 Å². The van der Waals surface area contributed by atoms with Crippen LogP contribution in [-0.2, 0) is 6.54 Å². The van der Waals surface area contributed by atoms with E-state index in [0.29, 0.717) is 12.5 Å². The number of hydrogen-bond acceptors (Lipinski definition) is 3. The number of nitrogens with one attached hydrogen (secondary N) is 1. The van der Waals surface area contributed by atoms with Gasteiger partial charge >= 0.3 is 0 Å². The maximum Gasteiger partial charge on any atom is 0.165 e. The van der Waals surface area contributed by atoms with Gasteiger partial charge in [0.2, 0.25) is 0 Å². The number of benzene rings is 1. The second kappa shape index (κ2) is 8.64. The minimum absolute atomic E-state index is 0.632. The van der Waals surface area contributed by atoms with Gasteiger partial charge in [-0.25, -0.2) is 0 Å². The molecule has 0 fully saturated rings. The first-order valence-electron chi connectivity index (χ1n) is 7.18. The van der Waals surface area contributed by atoms with Crippen LogP contribution in [0.5, 0.6) is 11.5 Å². The number of ether oxygens (including phenoxy) is 2. The highest BCUT2D eigenvalue weighted by atomic mass is 16.5. The van der Waals surface area contributed by atoms with E-state index in [-0.39, 0.29) is 0 Å². The number of rotatable bonds is 9. The molecule has 0 saturated heterocycles. The van der Waals surface area contributed by atoms with Gasteiger partial charge in [-0.3, -0.25) is 0 Å². The molecule has 0 aliphatic carbocycles. The van der Waals surface area contributed by atoms with E-state index >= 15 is 0 Å². The molecule has 0 spiro atoms. The molecule has 0 radical (unpaired) electrons. The molecule has 3 heteroatoms. The standard InChI is InChI=1S/C17H27NO2/c1-13(2)9-10-20-17-15(12-18-11-14(3)4)7-6-8-16(17)19-5/h6-8,14,18H,1,9-12H2,2-5H3. The molecular weight excluding hydrogens is 250 g/mol. The van der Waals surface area contributed by atoms with Crippen molar-refractivity contribution >= 4 is 0 Å². The number of para-hydroxylation sites is 1. The first-order valence-corrected chi connectivity index (χ1v) is 7.18. The van der Waals surface area contributed by atoms with E-state index in [1.165, 1.54) is 0 Å². The fourth-order valence-corrected chi connectivity index (χ4v) is 1.85. The van der Waals surface area contributed by atoms with Crippen LogP contribution >= 0.6 is 0 Å². The zero-order valence-electron chi connectivity index (χ0n) is 13.2. The molecule has 0 amide bonds. The molecule has 0 aromatic heterocycles. The minimum atomic E-state index is 0.632. The average molecular weight is 277 g/mol. The van der Waals surface area contributed by atoms with Crippen molar-refractivity contribution < 1.29 is 9.47 Å². The Labute approximate surface area is 123 Å². The lowest BCUT2D eigenvalue weighted by molar-refractivity contribution is 0.293. The predicted octanol–water partition coefficient (Wildman–Crippen LogP) is 3.79. The summed E-state index contributed by atoms with van der Waals surface area (Å²) >= 11 is 0. The van der Waals surface area contributed by atoms with E-state index in [2.05, 4.69) is 31.8 Å². The molecule has 1 rings (SSSR count). The third-order valence-electron chi connectivity index (χ3n) is 2.92. The Morgan fingerprint density at radius 1 is 1.35 bits per heavy atom. The Bertz CT molecular complexity index is 427. The lowest BCUT2D eigenvalue weighted by Gasteiger charge is -2.16. The highest BCUT2D eigenvalue weighted by molar-refractivity contribution is 5.46. The Morgan fingerprint density at radius 2 is 2.10 bits per heavy atom. The van der Waals surface area contributed by atoms with Crippen molar-refractivity contribution in [3.63, 3.8) is 0 Å². The molecule has 112 valence electrons. The first-order chi connectivity index (χ1) is 9.54. The smallest absolute Gasteiger partial charge is 0.165 e. The number of methoxy groups -OCH3 is 1. The van der Waals surface area contributed by atoms with E-state index in [0.717, 1.165) is 42.1 Å². The molecule has 0 bridgehead atoms. The van der Waals surface area contributed by atoms with Gasteiger partial charge in [-0.1, -0.05) is 31.6 Å². The Hall–Kier alpha value is -1.48. The normalized spacial score (nSPS) is 10.7. The SMILES string of the molecule is C=C(C)CCOc1c(CNCC(C)C)cccc1OC. The van der Waals surface area contributed by atoms with Crippen LogP contribution in [0.3, 0.4) is 0 Å². The quantitative estimate of drug-likeness (QED) is 0.697. The molecule has 0 aliphatic rings. The monoisotopic (exact) mass is 277 g/mol. The van der Waals surface area contributed by atoms with Crippen LogP contribution in [0.25, 0.3) is 0 Å². The lowest BCUT2D eigenvalue weighted by atomic mass is 10.1. The van der Waals surface area contributed by atoms with Crippen molar-refractivity contribution in [1.29, 1.82) is 0 Å². The number of hydrogen-bond donors (Lipinski definition) is 1. The summed E-state index contributed by atoms with van der Waals surface area (Å²) in [6.45, 7) is 12.7. The summed E-state index contributed by atoms with van der Waals surface area (Å²) < 4.78 is 11.3. The van der Waals surface area contributed by atoms with Crippen LogP contribution in [0.15, 0.2) is 30.4 Å². The van der Waals surface area contributed by atoms with E-state index in [9.17, 15) is 0 Å². The third-order valence-corrected chi connectivity index (χ3v) is 2.92. The van der Waals surface area contributed by atoms with Gasteiger partial charge in [0.05, 0.1) is 13.7 Å². The molecule has 1 aromatic rings. The highest BCUT2D eigenvalue weighted by Crippen LogP contribution is 2.31. The second-order valence-corrected chi connectivity index (χ2v) is 5.53. The van der Waals surface area contributed by atoms with Crippen molar-refractivity contribution in [2.75, 3.05) is 20.3 Å². The molecule has 0 aliphatic heterocycles. The average Bonchev–Trinajstić information content (AvgIpc) is 2.39. The molecule has 0 heterocycles. The van der Waals surface area contributed by atoms with Gasteiger partial charge in [0.15, 0.2) is 11.5 Å². The predicted molar refractivity (Wildman–Crippen MR) is 84.5 cm³/mol. The van der Waals surface area contributed by atoms with E-state index in [4.69, 9.17) is 9.47 Å². The van der Waals surface area contributed by atoms with Crippen molar-refractivity contribution in [3.8, 4) is 11.5 Å². The van der Waals surface area contributed by atoms with Gasteiger partial charge in [-0.05, 0) is 25.5 Å². The zero-order valence-corrected chi connectivity index (χ0v) is 13.2. The van der Waals surface area contributed by atoms with Crippen LogP contribution in [0.1, 0.15) is 32.8 Å². The second-order valence-electron chi connectivity index (χ2n) is 5.53. The Morgan fingerprint density at radius 3 is 2.70 bits per heavy atom. The topological polar surface area (TPSA) is 30.5 Å². The van der Waals surface area contributed by atoms with E-state index < -0.39 is 0 Å². The largest absolute Gasteiger partial charge is 0.493 e. The fourth-order valence-electron chi connectivity index (χ4n) is 1.85. The lowest BCUT2D eigenvalue weighted by Crippen LogP contribution is -2.19. The first kappa shape index (κ1) is 16.6. The van der Waals surface area contributed by atoms with Gasteiger partial charge in [-0.2, -0.15) is 0 Å². The molecule has 0 atom stereocenters. The van der Waals surface area contributed by atoms with E-state index in [1.54, 1.807) is 7.11 Å². The summed E-state index contributed by atoms with van der Waals surface area (Å²) in [7, 11) is 1.67. The molecule has 3 nitrogen and oxygen atoms in total. The Kier molecular flexibility index (Phi) is 7.16. The van der Waals surface area contributed by atoms with Gasteiger partial charge in [0, 0.05) is 18.5 Å². The van der Waals surface area contributed by atoms with Crippen LogP contribution in [-0.4, -0.2) is 20.3 Å². The maximum atomic E-state index is 5.90. The summed E-state index contributed by atoms with van der Waals surface area (Å²) in [5.41, 5.74) is 2.26. The molecule has 1 N–H and O–H groups in total. The van der Waals surface area contributed by atoms with Crippen molar-refractivity contribution in [3.05, 3.63) is 35.9 Å². The molecule has 0 unspecified atom stereocenters. The molecule has 20 heavy (non-hydrogen) atoms. The minimum Gasteiger partial charge on any atom is -0.493 e. The third kappa shape index (κ3) is 5.66. The van der Waals surface area contributed by atoms with Crippen LogP contribution in [0, 0.1) is 5.92 Å². The van der Waals surface area contributed by atoms with Gasteiger partial charge in [0.25, 0.3) is 0 Å². The fraction of sp³-hybridized carbons (Fsp3) is 0.529. The summed E-state index contributed by atoms with van der Waals surface area (Å²) in [4.78, 5) is 0. The molecule has 0 saturated carbocycles. The van der Waals surface area contributed by atoms with Crippen LogP contribution in [0.2, 0.25) is 0 Å². The van der Waals surface area contributed by atoms with Gasteiger partial charge in [0.1, 0.15) is 0 Å². The van der Waals surface area contributed by atoms with Crippen molar-refractivity contribution in [2.24, 2.45) is 5.92 Å². The Balaban J connectivity index is 2.73. The highest BCUT2D eigenvalue weighted by Gasteiger charge is 2.10. The van der Waals surface area contributed by atoms with Crippen LogP contribution in [0.4, 0.5) is 0 Å². The zero-order chi connectivity index (χ0) is 15.0. The van der Waals surface area contributed by atoms with Crippen molar-refractivity contribution in [1.82, 2.24) is 5.32 Å². The maximum absolute atomic E-state index is 5.90. The summed E-state index contributed by atoms with van der Waals surface area (Å²) in [5, 5.41) is 3.44. The van der Waals surface area contributed by atoms with Crippen molar-refractivity contribution in [2.45, 2.75) is 33.7 Å². The van der Waals surface area contributed by atoms with Gasteiger partial charge in [-0.15, -0.1) is 6.58 Å². The summed E-state index contributed by atoms with van der Waals surface area (Å²) in [5.74, 6) is 2.26. The summed E-state index contributed by atoms with van der Waals surface area (Å²) in [6.07, 6.45) is 0.858.